The van der Waals surface area contributed by atoms with E-state index in [1.165, 1.54) is 0 Å². The third-order valence-electron chi connectivity index (χ3n) is 3.34. The molecule has 0 amide bonds. The Morgan fingerprint density at radius 1 is 1.50 bits per heavy atom. The van der Waals surface area contributed by atoms with Crippen LogP contribution >= 0.6 is 0 Å². The Kier molecular flexibility index (Phi) is 1.98. The van der Waals surface area contributed by atoms with Crippen LogP contribution in [-0.2, 0) is 14.3 Å². The van der Waals surface area contributed by atoms with Crippen LogP contribution in [0.1, 0.15) is 32.6 Å². The molecular formula is C11H14O3. The molecule has 14 heavy (non-hydrogen) atoms. The summed E-state index contributed by atoms with van der Waals surface area (Å²) in [6, 6.07) is 0. The van der Waals surface area contributed by atoms with Crippen LogP contribution in [-0.4, -0.2) is 17.9 Å². The summed E-state index contributed by atoms with van der Waals surface area (Å²) in [5.41, 5.74) is -0.0672. The van der Waals surface area contributed by atoms with Gasteiger partial charge in [-0.3, -0.25) is 4.79 Å². The van der Waals surface area contributed by atoms with Crippen molar-refractivity contribution in [2.24, 2.45) is 5.41 Å². The van der Waals surface area contributed by atoms with Gasteiger partial charge >= 0.3 is 5.97 Å². The van der Waals surface area contributed by atoms with Crippen molar-refractivity contribution in [3.8, 4) is 0 Å². The summed E-state index contributed by atoms with van der Waals surface area (Å²) < 4.78 is 5.22. The summed E-state index contributed by atoms with van der Waals surface area (Å²) in [6.45, 7) is 5.52. The quantitative estimate of drug-likeness (QED) is 0.434. The number of hydrogen-bond acceptors (Lipinski definition) is 3. The minimum absolute atomic E-state index is 0.211. The topological polar surface area (TPSA) is 43.4 Å². The Hall–Kier alpha value is -1.12. The highest BCUT2D eigenvalue weighted by molar-refractivity contribution is 5.94. The van der Waals surface area contributed by atoms with Crippen LogP contribution in [0.3, 0.4) is 0 Å². The smallest absolute Gasteiger partial charge is 0.333 e. The van der Waals surface area contributed by atoms with Crippen molar-refractivity contribution in [1.82, 2.24) is 0 Å². The second kappa shape index (κ2) is 2.94. The van der Waals surface area contributed by atoms with Gasteiger partial charge in [-0.1, -0.05) is 6.58 Å². The van der Waals surface area contributed by atoms with Gasteiger partial charge in [-0.15, -0.1) is 0 Å². The predicted octanol–water partition coefficient (Wildman–Crippen LogP) is 1.62. The molecule has 1 heterocycles. The van der Waals surface area contributed by atoms with Crippen LogP contribution in [0.25, 0.3) is 0 Å². The lowest BCUT2D eigenvalue weighted by atomic mass is 9.67. The maximum atomic E-state index is 11.8. The number of Topliss-reactive ketones (excluding diaryl/α,β-unsaturated/α-hetero) is 1. The zero-order chi connectivity index (χ0) is 10.3. The molecule has 1 saturated carbocycles. The molecule has 1 saturated heterocycles. The molecule has 0 spiro atoms. The molecule has 0 aromatic heterocycles. The average molecular weight is 194 g/mol. The van der Waals surface area contributed by atoms with Crippen molar-refractivity contribution in [2.75, 3.05) is 0 Å². The standard InChI is InChI=1S/C11H14O3/c1-7-6-11(2)8(12)4-3-5-9(11)14-10(7)13/h9H,1,3-6H2,2H3/t9-,11+/m1/s1. The minimum atomic E-state index is -0.497. The monoisotopic (exact) mass is 194 g/mol. The average Bonchev–Trinajstić information content (AvgIpc) is 2.11. The van der Waals surface area contributed by atoms with E-state index in [-0.39, 0.29) is 17.9 Å². The van der Waals surface area contributed by atoms with E-state index < -0.39 is 5.41 Å². The van der Waals surface area contributed by atoms with E-state index in [1.807, 2.05) is 6.92 Å². The fraction of sp³-hybridized carbons (Fsp3) is 0.636. The molecule has 1 aliphatic heterocycles. The lowest BCUT2D eigenvalue weighted by molar-refractivity contribution is -0.166. The number of carbonyl (C=O) groups excluding carboxylic acids is 2. The number of carbonyl (C=O) groups is 2. The minimum Gasteiger partial charge on any atom is -0.458 e. The maximum Gasteiger partial charge on any atom is 0.333 e. The fourth-order valence-corrected chi connectivity index (χ4v) is 2.36. The Morgan fingerprint density at radius 3 is 2.93 bits per heavy atom. The van der Waals surface area contributed by atoms with Crippen LogP contribution in [0.2, 0.25) is 0 Å². The molecule has 0 aromatic carbocycles. The third kappa shape index (κ3) is 1.19. The molecule has 3 heteroatoms. The molecule has 3 nitrogen and oxygen atoms in total. The van der Waals surface area contributed by atoms with Gasteiger partial charge in [-0.2, -0.15) is 0 Å². The van der Waals surface area contributed by atoms with Gasteiger partial charge in [-0.05, 0) is 26.2 Å². The van der Waals surface area contributed by atoms with Crippen molar-refractivity contribution >= 4 is 11.8 Å². The van der Waals surface area contributed by atoms with E-state index in [0.717, 1.165) is 12.8 Å². The lowest BCUT2D eigenvalue weighted by Gasteiger charge is -2.42. The highest BCUT2D eigenvalue weighted by Gasteiger charge is 2.49. The molecule has 0 radical (unpaired) electrons. The zero-order valence-corrected chi connectivity index (χ0v) is 8.34. The Balaban J connectivity index is 2.30. The largest absolute Gasteiger partial charge is 0.458 e. The Morgan fingerprint density at radius 2 is 2.21 bits per heavy atom. The summed E-state index contributed by atoms with van der Waals surface area (Å²) in [7, 11) is 0. The molecule has 2 fully saturated rings. The van der Waals surface area contributed by atoms with Crippen molar-refractivity contribution in [3.63, 3.8) is 0 Å². The highest BCUT2D eigenvalue weighted by atomic mass is 16.5. The fourth-order valence-electron chi connectivity index (χ4n) is 2.36. The molecular weight excluding hydrogens is 180 g/mol. The third-order valence-corrected chi connectivity index (χ3v) is 3.34. The summed E-state index contributed by atoms with van der Waals surface area (Å²) >= 11 is 0. The second-order valence-electron chi connectivity index (χ2n) is 4.41. The van der Waals surface area contributed by atoms with E-state index in [1.54, 1.807) is 0 Å². The number of fused-ring (bicyclic) bond motifs is 1. The first-order chi connectivity index (χ1) is 6.54. The second-order valence-corrected chi connectivity index (χ2v) is 4.41. The SMILES string of the molecule is C=C1C[C@@]2(C)C(=O)CCC[C@H]2OC1=O. The molecule has 0 bridgehead atoms. The Labute approximate surface area is 83.1 Å². The van der Waals surface area contributed by atoms with Gasteiger partial charge in [0.1, 0.15) is 11.9 Å². The first-order valence-corrected chi connectivity index (χ1v) is 4.96. The number of ketones is 1. The van der Waals surface area contributed by atoms with E-state index in [0.29, 0.717) is 18.4 Å². The maximum absolute atomic E-state index is 11.8. The molecule has 0 N–H and O–H groups in total. The van der Waals surface area contributed by atoms with Crippen LogP contribution in [0.5, 0.6) is 0 Å². The van der Waals surface area contributed by atoms with Gasteiger partial charge in [0.05, 0.1) is 5.41 Å². The Bertz CT molecular complexity index is 318. The van der Waals surface area contributed by atoms with Crippen LogP contribution in [0.4, 0.5) is 0 Å². The zero-order valence-electron chi connectivity index (χ0n) is 8.34. The molecule has 0 unspecified atom stereocenters. The molecule has 1 aliphatic carbocycles. The van der Waals surface area contributed by atoms with Crippen molar-refractivity contribution in [3.05, 3.63) is 12.2 Å². The summed E-state index contributed by atoms with van der Waals surface area (Å²) in [5, 5.41) is 0. The highest BCUT2D eigenvalue weighted by Crippen LogP contribution is 2.43. The van der Waals surface area contributed by atoms with E-state index in [4.69, 9.17) is 4.74 Å². The number of ether oxygens (including phenoxy) is 1. The molecule has 76 valence electrons. The lowest BCUT2D eigenvalue weighted by Crippen LogP contribution is -2.49. The normalized spacial score (nSPS) is 37.8. The van der Waals surface area contributed by atoms with E-state index in [2.05, 4.69) is 6.58 Å². The van der Waals surface area contributed by atoms with Crippen molar-refractivity contribution in [2.45, 2.75) is 38.7 Å². The van der Waals surface area contributed by atoms with E-state index >= 15 is 0 Å². The van der Waals surface area contributed by atoms with Crippen LogP contribution in [0.15, 0.2) is 12.2 Å². The number of rotatable bonds is 0. The first kappa shape index (κ1) is 9.44. The van der Waals surface area contributed by atoms with Gasteiger partial charge in [0.25, 0.3) is 0 Å². The van der Waals surface area contributed by atoms with Gasteiger partial charge in [0, 0.05) is 12.0 Å². The van der Waals surface area contributed by atoms with Crippen LogP contribution < -0.4 is 0 Å². The molecule has 2 aliphatic rings. The first-order valence-electron chi connectivity index (χ1n) is 4.96. The molecule has 2 atom stereocenters. The summed E-state index contributed by atoms with van der Waals surface area (Å²) in [4.78, 5) is 23.0. The predicted molar refractivity (Wildman–Crippen MR) is 50.6 cm³/mol. The molecule has 0 aromatic rings. The van der Waals surface area contributed by atoms with Crippen molar-refractivity contribution in [1.29, 1.82) is 0 Å². The van der Waals surface area contributed by atoms with Gasteiger partial charge in [-0.25, -0.2) is 4.79 Å². The summed E-state index contributed by atoms with van der Waals surface area (Å²) in [5.74, 6) is -0.121. The summed E-state index contributed by atoms with van der Waals surface area (Å²) in [6.07, 6.45) is 2.49. The van der Waals surface area contributed by atoms with Crippen LogP contribution in [0, 0.1) is 5.41 Å². The van der Waals surface area contributed by atoms with Gasteiger partial charge in [0.15, 0.2) is 0 Å². The number of esters is 1. The number of hydrogen-bond donors (Lipinski definition) is 0. The van der Waals surface area contributed by atoms with E-state index in [9.17, 15) is 9.59 Å². The van der Waals surface area contributed by atoms with Crippen molar-refractivity contribution < 1.29 is 14.3 Å². The van der Waals surface area contributed by atoms with Gasteiger partial charge < -0.3 is 4.74 Å². The van der Waals surface area contributed by atoms with Gasteiger partial charge in [0.2, 0.25) is 0 Å². The molecule has 2 rings (SSSR count).